The van der Waals surface area contributed by atoms with Crippen molar-refractivity contribution in [2.45, 2.75) is 6.18 Å². The summed E-state index contributed by atoms with van der Waals surface area (Å²) in [5.41, 5.74) is 6.75. The summed E-state index contributed by atoms with van der Waals surface area (Å²) in [7, 11) is 1.64. The normalized spacial score (nSPS) is 11.2. The molecule has 0 atom stereocenters. The van der Waals surface area contributed by atoms with Crippen LogP contribution in [0.1, 0.15) is 5.56 Å². The number of nitrogen functional groups attached to an aromatic ring is 1. The number of nitrogens with two attached hydrogens (primary N) is 1. The van der Waals surface area contributed by atoms with Crippen molar-refractivity contribution >= 4 is 28.7 Å². The molecule has 0 saturated heterocycles. The Morgan fingerprint density at radius 1 is 1.00 bits per heavy atom. The van der Waals surface area contributed by atoms with E-state index >= 15 is 0 Å². The Morgan fingerprint density at radius 2 is 1.77 bits per heavy atom. The van der Waals surface area contributed by atoms with Gasteiger partial charge in [0.15, 0.2) is 0 Å². The number of halogens is 3. The van der Waals surface area contributed by atoms with Gasteiger partial charge in [-0.3, -0.25) is 0 Å². The summed E-state index contributed by atoms with van der Waals surface area (Å²) >= 11 is 0. The molecule has 0 amide bonds. The molecule has 0 fully saturated rings. The second kappa shape index (κ2) is 6.91. The molecule has 1 aromatic heterocycles. The molecule has 5 nitrogen and oxygen atoms in total. The Balaban J connectivity index is 1.86. The summed E-state index contributed by atoms with van der Waals surface area (Å²) in [6, 6.07) is 13.8. The van der Waals surface area contributed by atoms with Crippen LogP contribution < -0.4 is 16.0 Å². The number of benzene rings is 2. The zero-order valence-corrected chi connectivity index (χ0v) is 13.8. The van der Waals surface area contributed by atoms with E-state index in [0.29, 0.717) is 23.0 Å². The van der Waals surface area contributed by atoms with Gasteiger partial charge in [-0.15, -0.1) is 0 Å². The highest BCUT2D eigenvalue weighted by Gasteiger charge is 2.30. The fourth-order valence-corrected chi connectivity index (χ4v) is 2.39. The molecule has 3 N–H and O–H groups in total. The second-order valence-corrected chi connectivity index (χ2v) is 5.62. The molecule has 0 aliphatic carbocycles. The predicted octanol–water partition coefficient (Wildman–Crippen LogP) is 4.59. The van der Waals surface area contributed by atoms with Crippen LogP contribution in [0.15, 0.2) is 60.9 Å². The second-order valence-electron chi connectivity index (χ2n) is 5.62. The van der Waals surface area contributed by atoms with Crippen molar-refractivity contribution in [3.63, 3.8) is 0 Å². The maximum absolute atomic E-state index is 12.9. The quantitative estimate of drug-likeness (QED) is 0.667. The summed E-state index contributed by atoms with van der Waals surface area (Å²) in [5.74, 6) is 0.949. The molecular weight excluding hydrogens is 343 g/mol. The lowest BCUT2D eigenvalue weighted by Crippen LogP contribution is -2.13. The van der Waals surface area contributed by atoms with E-state index in [9.17, 15) is 13.2 Å². The van der Waals surface area contributed by atoms with Gasteiger partial charge < -0.3 is 16.0 Å². The first-order valence-corrected chi connectivity index (χ1v) is 7.68. The number of hydrogen-bond donors (Lipinski definition) is 2. The minimum absolute atomic E-state index is 0.369. The summed E-state index contributed by atoms with van der Waals surface area (Å²) in [6.07, 6.45) is -3.06. The van der Waals surface area contributed by atoms with E-state index in [4.69, 9.17) is 5.73 Å². The maximum Gasteiger partial charge on any atom is 0.416 e. The van der Waals surface area contributed by atoms with E-state index in [1.54, 1.807) is 42.3 Å². The summed E-state index contributed by atoms with van der Waals surface area (Å²) < 4.78 is 38.7. The van der Waals surface area contributed by atoms with Gasteiger partial charge >= 0.3 is 6.18 Å². The van der Waals surface area contributed by atoms with E-state index in [-0.39, 0.29) is 0 Å². The minimum Gasteiger partial charge on any atom is -0.399 e. The van der Waals surface area contributed by atoms with Crippen molar-refractivity contribution in [3.05, 3.63) is 66.5 Å². The van der Waals surface area contributed by atoms with Crippen LogP contribution in [0.25, 0.3) is 0 Å². The lowest BCUT2D eigenvalue weighted by molar-refractivity contribution is -0.137. The lowest BCUT2D eigenvalue weighted by Gasteiger charge is -2.20. The highest BCUT2D eigenvalue weighted by molar-refractivity contribution is 5.66. The van der Waals surface area contributed by atoms with E-state index in [1.165, 1.54) is 12.4 Å². The average Bonchev–Trinajstić information content (AvgIpc) is 2.61. The number of alkyl halides is 3. The molecule has 8 heteroatoms. The Morgan fingerprint density at radius 3 is 2.50 bits per heavy atom. The number of aromatic nitrogens is 2. The monoisotopic (exact) mass is 359 g/mol. The van der Waals surface area contributed by atoms with Crippen molar-refractivity contribution in [1.29, 1.82) is 0 Å². The largest absolute Gasteiger partial charge is 0.416 e. The third-order valence-corrected chi connectivity index (χ3v) is 3.72. The average molecular weight is 359 g/mol. The van der Waals surface area contributed by atoms with E-state index in [0.717, 1.165) is 17.8 Å². The van der Waals surface area contributed by atoms with Gasteiger partial charge in [0, 0.05) is 30.2 Å². The molecule has 3 aromatic rings. The molecule has 3 rings (SSSR count). The van der Waals surface area contributed by atoms with E-state index in [2.05, 4.69) is 15.3 Å². The summed E-state index contributed by atoms with van der Waals surface area (Å²) in [4.78, 5) is 9.82. The molecule has 0 aliphatic rings. The van der Waals surface area contributed by atoms with Crippen LogP contribution in [0.3, 0.4) is 0 Å². The van der Waals surface area contributed by atoms with Gasteiger partial charge in [-0.05, 0) is 36.4 Å². The van der Waals surface area contributed by atoms with Gasteiger partial charge in [0.1, 0.15) is 18.0 Å². The zero-order valence-electron chi connectivity index (χ0n) is 13.8. The smallest absolute Gasteiger partial charge is 0.399 e. The Bertz CT molecular complexity index is 911. The number of nitrogens with one attached hydrogen (secondary N) is 1. The fraction of sp³-hybridized carbons (Fsp3) is 0.111. The Kier molecular flexibility index (Phi) is 4.66. The standard InChI is InChI=1S/C18H16F3N5/c1-26(15-7-2-4-12(8-15)18(19,20)21)17-10-16(23-11-24-17)25-14-6-3-5-13(22)9-14/h2-11H,22H2,1H3,(H,23,24,25). The van der Waals surface area contributed by atoms with Crippen LogP contribution >= 0.6 is 0 Å². The van der Waals surface area contributed by atoms with Crippen LogP contribution in [-0.4, -0.2) is 17.0 Å². The van der Waals surface area contributed by atoms with Gasteiger partial charge in [-0.25, -0.2) is 9.97 Å². The molecule has 0 aliphatic heterocycles. The molecule has 134 valence electrons. The molecule has 2 aromatic carbocycles. The van der Waals surface area contributed by atoms with Crippen LogP contribution in [0, 0.1) is 0 Å². The van der Waals surface area contributed by atoms with Crippen molar-refractivity contribution in [2.24, 2.45) is 0 Å². The lowest BCUT2D eigenvalue weighted by atomic mass is 10.2. The molecular formula is C18H16F3N5. The Hall–Kier alpha value is -3.29. The highest BCUT2D eigenvalue weighted by atomic mass is 19.4. The third-order valence-electron chi connectivity index (χ3n) is 3.72. The first-order chi connectivity index (χ1) is 12.3. The van der Waals surface area contributed by atoms with E-state index < -0.39 is 11.7 Å². The number of rotatable bonds is 4. The molecule has 0 spiro atoms. The highest BCUT2D eigenvalue weighted by Crippen LogP contribution is 2.33. The molecule has 1 heterocycles. The molecule has 0 radical (unpaired) electrons. The number of nitrogens with zero attached hydrogens (tertiary/aromatic N) is 3. The third kappa shape index (κ3) is 4.02. The first-order valence-electron chi connectivity index (χ1n) is 7.68. The Labute approximate surface area is 148 Å². The maximum atomic E-state index is 12.9. The van der Waals surface area contributed by atoms with Gasteiger partial charge in [0.25, 0.3) is 0 Å². The first kappa shape index (κ1) is 17.5. The van der Waals surface area contributed by atoms with Crippen LogP contribution in [0.2, 0.25) is 0 Å². The van der Waals surface area contributed by atoms with Gasteiger partial charge in [0.2, 0.25) is 0 Å². The summed E-state index contributed by atoms with van der Waals surface area (Å²) in [6.45, 7) is 0. The van der Waals surface area contributed by atoms with Crippen molar-refractivity contribution in [1.82, 2.24) is 9.97 Å². The van der Waals surface area contributed by atoms with Gasteiger partial charge in [0.05, 0.1) is 5.56 Å². The molecule has 0 bridgehead atoms. The predicted molar refractivity (Wildman–Crippen MR) is 95.7 cm³/mol. The molecule has 0 unspecified atom stereocenters. The van der Waals surface area contributed by atoms with Crippen molar-refractivity contribution < 1.29 is 13.2 Å². The van der Waals surface area contributed by atoms with Crippen LogP contribution in [0.4, 0.5) is 41.9 Å². The van der Waals surface area contributed by atoms with Crippen LogP contribution in [-0.2, 0) is 6.18 Å². The zero-order chi connectivity index (χ0) is 18.7. The fourth-order valence-electron chi connectivity index (χ4n) is 2.39. The topological polar surface area (TPSA) is 67.1 Å². The van der Waals surface area contributed by atoms with Crippen molar-refractivity contribution in [2.75, 3.05) is 23.0 Å². The SMILES string of the molecule is CN(c1cccc(C(F)(F)F)c1)c1cc(Nc2cccc(N)c2)ncn1. The molecule has 26 heavy (non-hydrogen) atoms. The number of anilines is 5. The van der Waals surface area contributed by atoms with Crippen molar-refractivity contribution in [3.8, 4) is 0 Å². The van der Waals surface area contributed by atoms with E-state index in [1.807, 2.05) is 6.07 Å². The molecule has 0 saturated carbocycles. The number of hydrogen-bond acceptors (Lipinski definition) is 5. The minimum atomic E-state index is -4.40. The van der Waals surface area contributed by atoms with Crippen LogP contribution in [0.5, 0.6) is 0 Å². The van der Waals surface area contributed by atoms with Gasteiger partial charge in [-0.1, -0.05) is 12.1 Å². The summed E-state index contributed by atoms with van der Waals surface area (Å²) in [5, 5.41) is 3.09. The van der Waals surface area contributed by atoms with Gasteiger partial charge in [-0.2, -0.15) is 13.2 Å².